The average Bonchev–Trinajstić information content (AvgIpc) is 2.73. The lowest BCUT2D eigenvalue weighted by Gasteiger charge is -2.18. The number of carboxylic acids is 1. The summed E-state index contributed by atoms with van der Waals surface area (Å²) in [5, 5.41) is 11.6. The van der Waals surface area contributed by atoms with E-state index in [1.807, 2.05) is 0 Å². The number of esters is 1. The molecule has 6 N–H and O–H groups in total. The molecule has 0 radical (unpaired) electrons. The first-order valence-electron chi connectivity index (χ1n) is 5.62. The van der Waals surface area contributed by atoms with Crippen molar-refractivity contribution in [3.05, 3.63) is 0 Å². The van der Waals surface area contributed by atoms with Gasteiger partial charge in [0.15, 0.2) is 0 Å². The Morgan fingerprint density at radius 2 is 2.11 bits per heavy atom. The largest absolute Gasteiger partial charge is 0.480 e. The summed E-state index contributed by atoms with van der Waals surface area (Å²) < 4.78 is 5.02. The lowest BCUT2D eigenvalue weighted by Crippen LogP contribution is -2.43. The number of carbonyl (C=O) groups is 3. The summed E-state index contributed by atoms with van der Waals surface area (Å²) in [5.74, 6) is -2.34. The van der Waals surface area contributed by atoms with E-state index in [2.05, 4.69) is 5.32 Å². The molecular formula is C10H17N3O5. The SMILES string of the molecule is NC(=O)CC[C@@H](N)C(=O)OC1CCN[C@@H]1C(=O)O. The van der Waals surface area contributed by atoms with E-state index in [4.69, 9.17) is 21.3 Å². The third-order valence-electron chi connectivity index (χ3n) is 2.70. The fraction of sp³-hybridized carbons (Fsp3) is 0.700. The maximum Gasteiger partial charge on any atom is 0.324 e. The highest BCUT2D eigenvalue weighted by molar-refractivity contribution is 5.79. The van der Waals surface area contributed by atoms with E-state index in [1.165, 1.54) is 0 Å². The molecule has 3 atom stereocenters. The second kappa shape index (κ2) is 6.31. The van der Waals surface area contributed by atoms with Crippen LogP contribution < -0.4 is 16.8 Å². The monoisotopic (exact) mass is 259 g/mol. The summed E-state index contributed by atoms with van der Waals surface area (Å²) in [6, 6.07) is -1.87. The number of primary amides is 1. The lowest BCUT2D eigenvalue weighted by atomic mass is 10.1. The highest BCUT2D eigenvalue weighted by Gasteiger charge is 2.36. The van der Waals surface area contributed by atoms with Crippen molar-refractivity contribution in [2.45, 2.75) is 37.5 Å². The number of rotatable bonds is 6. The van der Waals surface area contributed by atoms with Crippen LogP contribution in [0.25, 0.3) is 0 Å². The van der Waals surface area contributed by atoms with Crippen LogP contribution in [0.4, 0.5) is 0 Å². The van der Waals surface area contributed by atoms with Gasteiger partial charge in [0.05, 0.1) is 0 Å². The number of carboxylic acid groups (broad SMARTS) is 1. The average molecular weight is 259 g/mol. The van der Waals surface area contributed by atoms with Gasteiger partial charge in [-0.3, -0.25) is 14.4 Å². The van der Waals surface area contributed by atoms with Crippen molar-refractivity contribution in [1.29, 1.82) is 0 Å². The zero-order chi connectivity index (χ0) is 13.7. The van der Waals surface area contributed by atoms with Gasteiger partial charge in [0, 0.05) is 6.42 Å². The van der Waals surface area contributed by atoms with E-state index in [0.717, 1.165) is 0 Å². The molecule has 0 spiro atoms. The van der Waals surface area contributed by atoms with E-state index in [9.17, 15) is 14.4 Å². The predicted octanol–water partition coefficient (Wildman–Crippen LogP) is -2.06. The Morgan fingerprint density at radius 3 is 2.67 bits per heavy atom. The molecule has 0 aliphatic carbocycles. The van der Waals surface area contributed by atoms with Crippen LogP contribution >= 0.6 is 0 Å². The van der Waals surface area contributed by atoms with Crippen molar-refractivity contribution in [3.63, 3.8) is 0 Å². The maximum atomic E-state index is 11.6. The quantitative estimate of drug-likeness (QED) is 0.401. The number of hydrogen-bond acceptors (Lipinski definition) is 6. The molecule has 1 saturated heterocycles. The molecule has 1 heterocycles. The molecule has 0 saturated carbocycles. The van der Waals surface area contributed by atoms with Crippen molar-refractivity contribution in [1.82, 2.24) is 5.32 Å². The first kappa shape index (κ1) is 14.4. The highest BCUT2D eigenvalue weighted by atomic mass is 16.5. The number of ether oxygens (including phenoxy) is 1. The Hall–Kier alpha value is -1.67. The normalized spacial score (nSPS) is 24.5. The van der Waals surface area contributed by atoms with E-state index in [1.54, 1.807) is 0 Å². The summed E-state index contributed by atoms with van der Waals surface area (Å²) in [6.07, 6.45) is -0.228. The number of aliphatic carboxylic acids is 1. The zero-order valence-corrected chi connectivity index (χ0v) is 9.80. The Labute approximate surface area is 104 Å². The molecule has 0 aromatic heterocycles. The molecule has 0 bridgehead atoms. The molecule has 1 rings (SSSR count). The topological polar surface area (TPSA) is 145 Å². The van der Waals surface area contributed by atoms with Crippen LogP contribution in [0.1, 0.15) is 19.3 Å². The van der Waals surface area contributed by atoms with Gasteiger partial charge in [-0.05, 0) is 19.4 Å². The molecule has 8 heteroatoms. The van der Waals surface area contributed by atoms with Crippen molar-refractivity contribution < 1.29 is 24.2 Å². The van der Waals surface area contributed by atoms with Crippen molar-refractivity contribution >= 4 is 17.8 Å². The van der Waals surface area contributed by atoms with Crippen molar-refractivity contribution in [2.24, 2.45) is 11.5 Å². The summed E-state index contributed by atoms with van der Waals surface area (Å²) in [4.78, 5) is 32.9. The van der Waals surface area contributed by atoms with E-state index in [0.29, 0.717) is 13.0 Å². The molecule has 0 aromatic carbocycles. The third kappa shape index (κ3) is 3.97. The van der Waals surface area contributed by atoms with E-state index in [-0.39, 0.29) is 12.8 Å². The van der Waals surface area contributed by atoms with E-state index >= 15 is 0 Å². The molecule has 1 aliphatic heterocycles. The zero-order valence-electron chi connectivity index (χ0n) is 9.80. The Bertz CT molecular complexity index is 346. The smallest absolute Gasteiger partial charge is 0.324 e. The molecule has 102 valence electrons. The number of amides is 1. The van der Waals surface area contributed by atoms with Crippen LogP contribution in [0.3, 0.4) is 0 Å². The second-order valence-electron chi connectivity index (χ2n) is 4.15. The summed E-state index contributed by atoms with van der Waals surface area (Å²) >= 11 is 0. The second-order valence-corrected chi connectivity index (χ2v) is 4.15. The summed E-state index contributed by atoms with van der Waals surface area (Å²) in [5.41, 5.74) is 10.4. The standard InChI is InChI=1S/C10H17N3O5/c11-5(1-2-7(12)14)10(17)18-6-3-4-13-8(6)9(15)16/h5-6,8,13H,1-4,11H2,(H2,12,14)(H,15,16)/t5-,6?,8+/m1/s1. The lowest BCUT2D eigenvalue weighted by molar-refractivity contribution is -0.155. The number of hydrogen-bond donors (Lipinski definition) is 4. The molecular weight excluding hydrogens is 242 g/mol. The fourth-order valence-corrected chi connectivity index (χ4v) is 1.70. The van der Waals surface area contributed by atoms with E-state index < -0.39 is 36.0 Å². The van der Waals surface area contributed by atoms with Gasteiger partial charge in [0.2, 0.25) is 5.91 Å². The first-order valence-corrected chi connectivity index (χ1v) is 5.62. The molecule has 1 fully saturated rings. The van der Waals surface area contributed by atoms with Crippen molar-refractivity contribution in [3.8, 4) is 0 Å². The van der Waals surface area contributed by atoms with Crippen LogP contribution in [-0.4, -0.2) is 47.7 Å². The van der Waals surface area contributed by atoms with Gasteiger partial charge in [-0.15, -0.1) is 0 Å². The van der Waals surface area contributed by atoms with Gasteiger partial charge in [-0.2, -0.15) is 0 Å². The number of nitrogens with two attached hydrogens (primary N) is 2. The highest BCUT2D eigenvalue weighted by Crippen LogP contribution is 2.13. The van der Waals surface area contributed by atoms with Gasteiger partial charge >= 0.3 is 11.9 Å². The Balaban J connectivity index is 2.43. The van der Waals surface area contributed by atoms with Gasteiger partial charge in [0.1, 0.15) is 18.2 Å². The fourth-order valence-electron chi connectivity index (χ4n) is 1.70. The van der Waals surface area contributed by atoms with Crippen LogP contribution in [0.15, 0.2) is 0 Å². The molecule has 8 nitrogen and oxygen atoms in total. The molecule has 1 unspecified atom stereocenters. The summed E-state index contributed by atoms with van der Waals surface area (Å²) in [6.45, 7) is 0.464. The molecule has 1 amide bonds. The third-order valence-corrected chi connectivity index (χ3v) is 2.70. The minimum Gasteiger partial charge on any atom is -0.480 e. The predicted molar refractivity (Wildman–Crippen MR) is 60.3 cm³/mol. The Kier molecular flexibility index (Phi) is 5.05. The minimum atomic E-state index is -1.07. The minimum absolute atomic E-state index is 0.0124. The first-order chi connectivity index (χ1) is 8.41. The van der Waals surface area contributed by atoms with Crippen molar-refractivity contribution in [2.75, 3.05) is 6.54 Å². The van der Waals surface area contributed by atoms with Gasteiger partial charge in [-0.1, -0.05) is 0 Å². The molecule has 0 aromatic rings. The number of carbonyl (C=O) groups excluding carboxylic acids is 2. The Morgan fingerprint density at radius 1 is 1.44 bits per heavy atom. The van der Waals surface area contributed by atoms with Crippen LogP contribution in [0.2, 0.25) is 0 Å². The van der Waals surface area contributed by atoms with Crippen LogP contribution in [0.5, 0.6) is 0 Å². The van der Waals surface area contributed by atoms with Crippen LogP contribution in [0, 0.1) is 0 Å². The maximum absolute atomic E-state index is 11.6. The summed E-state index contributed by atoms with van der Waals surface area (Å²) in [7, 11) is 0. The van der Waals surface area contributed by atoms with Crippen LogP contribution in [-0.2, 0) is 19.1 Å². The van der Waals surface area contributed by atoms with Gasteiger partial charge in [0.25, 0.3) is 0 Å². The molecule has 18 heavy (non-hydrogen) atoms. The molecule has 1 aliphatic rings. The van der Waals surface area contributed by atoms with Gasteiger partial charge in [-0.25, -0.2) is 0 Å². The number of nitrogens with one attached hydrogen (secondary N) is 1. The van der Waals surface area contributed by atoms with Gasteiger partial charge < -0.3 is 26.6 Å².